The lowest BCUT2D eigenvalue weighted by atomic mass is 10.2. The highest BCUT2D eigenvalue weighted by atomic mass is 79.9. The Morgan fingerprint density at radius 2 is 2.00 bits per heavy atom. The summed E-state index contributed by atoms with van der Waals surface area (Å²) in [5, 5.41) is 3.46. The van der Waals surface area contributed by atoms with Crippen LogP contribution in [-0.2, 0) is 24.5 Å². The predicted octanol–water partition coefficient (Wildman–Crippen LogP) is 4.32. The average molecular weight is 350 g/mol. The van der Waals surface area contributed by atoms with Crippen LogP contribution in [0.1, 0.15) is 35.5 Å². The Bertz CT molecular complexity index is 587. The summed E-state index contributed by atoms with van der Waals surface area (Å²) in [6, 6.07) is 11.0. The molecule has 3 rings (SSSR count). The first-order chi connectivity index (χ1) is 10.2. The largest absolute Gasteiger partial charge is 0.465 e. The summed E-state index contributed by atoms with van der Waals surface area (Å²) in [6.45, 7) is 4.03. The van der Waals surface area contributed by atoms with Crippen molar-refractivity contribution in [1.29, 1.82) is 0 Å². The minimum atomic E-state index is 0.592. The third-order valence-electron chi connectivity index (χ3n) is 3.65. The summed E-state index contributed by atoms with van der Waals surface area (Å²) in [5.74, 6) is 1.96. The maximum absolute atomic E-state index is 5.78. The molecule has 4 heteroatoms. The third kappa shape index (κ3) is 4.43. The maximum Gasteiger partial charge on any atom is 0.118 e. The van der Waals surface area contributed by atoms with E-state index in [-0.39, 0.29) is 0 Å². The van der Waals surface area contributed by atoms with Gasteiger partial charge in [-0.25, -0.2) is 0 Å². The number of hydrogen-bond acceptors (Lipinski definition) is 3. The number of nitrogens with one attached hydrogen (secondary N) is 1. The zero-order chi connectivity index (χ0) is 14.7. The lowest BCUT2D eigenvalue weighted by Crippen LogP contribution is -2.14. The number of halogens is 1. The molecule has 1 aromatic carbocycles. The van der Waals surface area contributed by atoms with E-state index >= 15 is 0 Å². The molecule has 1 heterocycles. The monoisotopic (exact) mass is 349 g/mol. The Labute approximate surface area is 133 Å². The van der Waals surface area contributed by atoms with Gasteiger partial charge in [0.05, 0.1) is 19.8 Å². The van der Waals surface area contributed by atoms with Crippen molar-refractivity contribution in [2.24, 2.45) is 0 Å². The molecule has 1 aliphatic carbocycles. The molecule has 1 saturated carbocycles. The number of rotatable bonds is 7. The lowest BCUT2D eigenvalue weighted by molar-refractivity contribution is 0.106. The first-order valence-corrected chi connectivity index (χ1v) is 8.14. The molecule has 0 aliphatic heterocycles. The van der Waals surface area contributed by atoms with Crippen molar-refractivity contribution in [2.45, 2.75) is 45.6 Å². The molecule has 3 nitrogen and oxygen atoms in total. The maximum atomic E-state index is 5.78. The van der Waals surface area contributed by atoms with Gasteiger partial charge >= 0.3 is 0 Å². The van der Waals surface area contributed by atoms with Crippen molar-refractivity contribution in [3.8, 4) is 0 Å². The van der Waals surface area contributed by atoms with Crippen LogP contribution in [0.15, 0.2) is 39.2 Å². The number of aryl methyl sites for hydroxylation is 1. The second kappa shape index (κ2) is 6.77. The summed E-state index contributed by atoms with van der Waals surface area (Å²) in [7, 11) is 0. The van der Waals surface area contributed by atoms with E-state index in [2.05, 4.69) is 39.4 Å². The summed E-state index contributed by atoms with van der Waals surface area (Å²) in [4.78, 5) is 0. The molecule has 1 aromatic heterocycles. The highest BCUT2D eigenvalue weighted by Gasteiger charge is 2.20. The molecule has 1 N–H and O–H groups in total. The van der Waals surface area contributed by atoms with Crippen molar-refractivity contribution in [2.75, 3.05) is 0 Å². The second-order valence-corrected chi connectivity index (χ2v) is 6.48. The molecule has 21 heavy (non-hydrogen) atoms. The van der Waals surface area contributed by atoms with Crippen molar-refractivity contribution in [3.63, 3.8) is 0 Å². The first kappa shape index (κ1) is 14.8. The Balaban J connectivity index is 1.48. The molecule has 0 amide bonds. The van der Waals surface area contributed by atoms with Gasteiger partial charge in [-0.05, 0) is 43.5 Å². The van der Waals surface area contributed by atoms with Gasteiger partial charge in [-0.3, -0.25) is 0 Å². The molecule has 0 bridgehead atoms. The van der Waals surface area contributed by atoms with E-state index in [1.54, 1.807) is 0 Å². The van der Waals surface area contributed by atoms with Crippen LogP contribution in [-0.4, -0.2) is 6.04 Å². The lowest BCUT2D eigenvalue weighted by Gasteiger charge is -2.03. The van der Waals surface area contributed by atoms with Gasteiger partial charge in [0.2, 0.25) is 0 Å². The molecule has 1 aliphatic rings. The van der Waals surface area contributed by atoms with Gasteiger partial charge in [-0.1, -0.05) is 28.1 Å². The minimum Gasteiger partial charge on any atom is -0.465 e. The van der Waals surface area contributed by atoms with Gasteiger partial charge in [0, 0.05) is 16.1 Å². The fourth-order valence-corrected chi connectivity index (χ4v) is 2.47. The Morgan fingerprint density at radius 3 is 2.71 bits per heavy atom. The third-order valence-corrected chi connectivity index (χ3v) is 4.18. The van der Waals surface area contributed by atoms with Crippen LogP contribution in [0.5, 0.6) is 0 Å². The smallest absolute Gasteiger partial charge is 0.118 e. The van der Waals surface area contributed by atoms with Gasteiger partial charge in [0.1, 0.15) is 11.5 Å². The molecule has 0 radical (unpaired) electrons. The molecule has 112 valence electrons. The van der Waals surface area contributed by atoms with Gasteiger partial charge < -0.3 is 14.5 Å². The highest BCUT2D eigenvalue weighted by Crippen LogP contribution is 2.21. The Kier molecular flexibility index (Phi) is 4.78. The number of ether oxygens (including phenoxy) is 1. The zero-order valence-electron chi connectivity index (χ0n) is 12.2. The predicted molar refractivity (Wildman–Crippen MR) is 85.9 cm³/mol. The normalized spacial score (nSPS) is 14.6. The van der Waals surface area contributed by atoms with E-state index in [1.807, 2.05) is 19.1 Å². The van der Waals surface area contributed by atoms with Crippen LogP contribution in [0.2, 0.25) is 0 Å². The molecule has 0 atom stereocenters. The van der Waals surface area contributed by atoms with Crippen LogP contribution in [0, 0.1) is 6.92 Å². The van der Waals surface area contributed by atoms with E-state index in [0.29, 0.717) is 19.3 Å². The molecule has 2 aromatic rings. The Hall–Kier alpha value is -1.10. The van der Waals surface area contributed by atoms with Gasteiger partial charge in [-0.15, -0.1) is 0 Å². The average Bonchev–Trinajstić information content (AvgIpc) is 3.24. The summed E-state index contributed by atoms with van der Waals surface area (Å²) in [5.41, 5.74) is 2.31. The van der Waals surface area contributed by atoms with Crippen LogP contribution >= 0.6 is 15.9 Å². The minimum absolute atomic E-state index is 0.592. The quantitative estimate of drug-likeness (QED) is 0.808. The van der Waals surface area contributed by atoms with Gasteiger partial charge in [0.25, 0.3) is 0 Å². The van der Waals surface area contributed by atoms with E-state index < -0.39 is 0 Å². The Morgan fingerprint density at radius 1 is 1.24 bits per heavy atom. The van der Waals surface area contributed by atoms with Crippen LogP contribution < -0.4 is 5.32 Å². The molecule has 0 spiro atoms. The molecule has 0 unspecified atom stereocenters. The van der Waals surface area contributed by atoms with Crippen molar-refractivity contribution < 1.29 is 9.15 Å². The highest BCUT2D eigenvalue weighted by molar-refractivity contribution is 9.10. The SMILES string of the molecule is Cc1oc(CNC2CC2)cc1COCc1ccc(Br)cc1. The number of hydrogen-bond donors (Lipinski definition) is 1. The molecule has 1 fully saturated rings. The number of benzene rings is 1. The molecular formula is C17H20BrNO2. The second-order valence-electron chi connectivity index (χ2n) is 5.57. The zero-order valence-corrected chi connectivity index (χ0v) is 13.8. The van der Waals surface area contributed by atoms with Crippen molar-refractivity contribution >= 4 is 15.9 Å². The van der Waals surface area contributed by atoms with E-state index in [4.69, 9.17) is 9.15 Å². The van der Waals surface area contributed by atoms with Gasteiger partial charge in [0.15, 0.2) is 0 Å². The van der Waals surface area contributed by atoms with E-state index in [9.17, 15) is 0 Å². The topological polar surface area (TPSA) is 34.4 Å². The van der Waals surface area contributed by atoms with E-state index in [0.717, 1.165) is 28.1 Å². The molecular weight excluding hydrogens is 330 g/mol. The standard InChI is InChI=1S/C17H20BrNO2/c1-12-14(8-17(21-12)9-19-16-6-7-16)11-20-10-13-2-4-15(18)5-3-13/h2-5,8,16,19H,6-7,9-11H2,1H3. The van der Waals surface area contributed by atoms with Crippen molar-refractivity contribution in [1.82, 2.24) is 5.32 Å². The first-order valence-electron chi connectivity index (χ1n) is 7.34. The van der Waals surface area contributed by atoms with Crippen LogP contribution in [0.3, 0.4) is 0 Å². The summed E-state index contributed by atoms with van der Waals surface area (Å²) >= 11 is 3.43. The van der Waals surface area contributed by atoms with Gasteiger partial charge in [-0.2, -0.15) is 0 Å². The number of furan rings is 1. The fourth-order valence-electron chi connectivity index (χ4n) is 2.21. The van der Waals surface area contributed by atoms with Crippen LogP contribution in [0.4, 0.5) is 0 Å². The summed E-state index contributed by atoms with van der Waals surface area (Å²) in [6.07, 6.45) is 2.59. The summed E-state index contributed by atoms with van der Waals surface area (Å²) < 4.78 is 12.6. The van der Waals surface area contributed by atoms with E-state index in [1.165, 1.54) is 18.4 Å². The fraction of sp³-hybridized carbons (Fsp3) is 0.412. The molecule has 0 saturated heterocycles. The van der Waals surface area contributed by atoms with Crippen LogP contribution in [0.25, 0.3) is 0 Å². The van der Waals surface area contributed by atoms with Crippen molar-refractivity contribution in [3.05, 3.63) is 57.5 Å².